The van der Waals surface area contributed by atoms with E-state index >= 15 is 0 Å². The van der Waals surface area contributed by atoms with Crippen LogP contribution in [0.5, 0.6) is 0 Å². The summed E-state index contributed by atoms with van der Waals surface area (Å²) in [4.78, 5) is 41.5. The molecule has 0 unspecified atom stereocenters. The van der Waals surface area contributed by atoms with Crippen LogP contribution in [0.3, 0.4) is 0 Å². The van der Waals surface area contributed by atoms with Crippen LogP contribution in [0.1, 0.15) is 59.9 Å². The van der Waals surface area contributed by atoms with Crippen molar-refractivity contribution in [1.82, 2.24) is 15.1 Å². The lowest BCUT2D eigenvalue weighted by molar-refractivity contribution is -0.143. The lowest BCUT2D eigenvalue weighted by Crippen LogP contribution is -2.53. The van der Waals surface area contributed by atoms with Gasteiger partial charge in [0.25, 0.3) is 0 Å². The van der Waals surface area contributed by atoms with Crippen LogP contribution in [-0.2, 0) is 33.2 Å². The largest absolute Gasteiger partial charge is 0.416 e. The Morgan fingerprint density at radius 2 is 1.44 bits per heavy atom. The number of carbonyl (C=O) groups excluding carboxylic acids is 3. The van der Waals surface area contributed by atoms with Gasteiger partial charge in [-0.2, -0.15) is 26.3 Å². The third-order valence-electron chi connectivity index (χ3n) is 8.20. The van der Waals surface area contributed by atoms with Gasteiger partial charge in [-0.15, -0.1) is 0 Å². The van der Waals surface area contributed by atoms with Crippen LogP contribution in [0.2, 0.25) is 0 Å². The Bertz CT molecular complexity index is 1340. The number of benzene rings is 2. The van der Waals surface area contributed by atoms with E-state index in [1.165, 1.54) is 19.1 Å². The first-order chi connectivity index (χ1) is 20.0. The molecule has 4 rings (SSSR count). The zero-order valence-corrected chi connectivity index (χ0v) is 23.6. The molecule has 2 fully saturated rings. The third kappa shape index (κ3) is 7.85. The van der Waals surface area contributed by atoms with E-state index in [9.17, 15) is 45.1 Å². The Kier molecular flexibility index (Phi) is 9.41. The summed E-state index contributed by atoms with van der Waals surface area (Å²) in [5.74, 6) is -2.21. The molecular formula is C30H32F7N3O3. The van der Waals surface area contributed by atoms with Gasteiger partial charge in [-0.3, -0.25) is 14.4 Å². The molecule has 2 aromatic carbocycles. The van der Waals surface area contributed by atoms with Crippen molar-refractivity contribution in [1.29, 1.82) is 0 Å². The lowest BCUT2D eigenvalue weighted by atomic mass is 9.82. The van der Waals surface area contributed by atoms with Crippen molar-refractivity contribution in [3.8, 4) is 0 Å². The molecule has 0 radical (unpaired) electrons. The smallest absolute Gasteiger partial charge is 0.352 e. The molecule has 0 aliphatic carbocycles. The number of aryl methyl sites for hydroxylation is 1. The Morgan fingerprint density at radius 1 is 0.860 bits per heavy atom. The summed E-state index contributed by atoms with van der Waals surface area (Å²) in [6.45, 7) is 4.50. The molecule has 2 atom stereocenters. The van der Waals surface area contributed by atoms with E-state index in [2.05, 4.69) is 5.32 Å². The van der Waals surface area contributed by atoms with Crippen molar-refractivity contribution >= 4 is 17.7 Å². The number of nitrogens with one attached hydrogen (secondary N) is 1. The second-order valence-corrected chi connectivity index (χ2v) is 11.2. The predicted octanol–water partition coefficient (Wildman–Crippen LogP) is 5.47. The Hall–Kier alpha value is -3.64. The average molecular weight is 616 g/mol. The van der Waals surface area contributed by atoms with Gasteiger partial charge >= 0.3 is 12.4 Å². The molecule has 1 N–H and O–H groups in total. The number of nitrogens with zero attached hydrogens (tertiary/aromatic N) is 2. The highest BCUT2D eigenvalue weighted by molar-refractivity contribution is 5.81. The maximum atomic E-state index is 13.9. The first-order valence-corrected chi connectivity index (χ1v) is 13.9. The topological polar surface area (TPSA) is 69.7 Å². The summed E-state index contributed by atoms with van der Waals surface area (Å²) < 4.78 is 93.7. The second kappa shape index (κ2) is 12.5. The molecule has 0 spiro atoms. The van der Waals surface area contributed by atoms with E-state index in [-0.39, 0.29) is 43.3 Å². The van der Waals surface area contributed by atoms with Crippen LogP contribution in [0, 0.1) is 18.7 Å². The van der Waals surface area contributed by atoms with Crippen LogP contribution >= 0.6 is 0 Å². The Morgan fingerprint density at radius 3 is 1.98 bits per heavy atom. The maximum absolute atomic E-state index is 13.9. The molecular weight excluding hydrogens is 583 g/mol. The summed E-state index contributed by atoms with van der Waals surface area (Å²) >= 11 is 0. The molecule has 0 saturated carbocycles. The zero-order chi connectivity index (χ0) is 31.7. The summed E-state index contributed by atoms with van der Waals surface area (Å²) in [7, 11) is 0. The van der Waals surface area contributed by atoms with Gasteiger partial charge < -0.3 is 15.1 Å². The zero-order valence-electron chi connectivity index (χ0n) is 23.6. The number of carbonyl (C=O) groups is 3. The predicted molar refractivity (Wildman–Crippen MR) is 142 cm³/mol. The van der Waals surface area contributed by atoms with Crippen molar-refractivity contribution < 1.29 is 45.1 Å². The number of rotatable bonds is 5. The van der Waals surface area contributed by atoms with E-state index in [0.29, 0.717) is 49.2 Å². The fraction of sp³-hybridized carbons (Fsp3) is 0.500. The monoisotopic (exact) mass is 615 g/mol. The van der Waals surface area contributed by atoms with Crippen LogP contribution in [0.15, 0.2) is 36.4 Å². The van der Waals surface area contributed by atoms with Crippen molar-refractivity contribution in [3.63, 3.8) is 0 Å². The highest BCUT2D eigenvalue weighted by Crippen LogP contribution is 2.37. The van der Waals surface area contributed by atoms with E-state index in [0.717, 1.165) is 0 Å². The molecule has 43 heavy (non-hydrogen) atoms. The molecule has 2 aliphatic rings. The van der Waals surface area contributed by atoms with Crippen molar-refractivity contribution in [2.75, 3.05) is 26.2 Å². The molecule has 2 aromatic rings. The summed E-state index contributed by atoms with van der Waals surface area (Å²) in [5, 5.41) is 2.75. The standard InChI is InChI=1S/C30H32F7N3O3/c1-17-11-23(31)3-4-24(17)25-16-40(28(43)20-5-8-39(9-6-20)18(2)41)10-7-26(25)38-27(42)14-19-12-21(29(32,33)34)15-22(13-19)30(35,36)37/h3-4,11-13,15,20,25-26H,5-10,14,16H2,1-2H3,(H,38,42)/t25-,26+/m1/s1. The molecule has 3 amide bonds. The van der Waals surface area contributed by atoms with Crippen LogP contribution in [-0.4, -0.2) is 59.7 Å². The molecule has 2 saturated heterocycles. The average Bonchev–Trinajstić information content (AvgIpc) is 2.92. The third-order valence-corrected chi connectivity index (χ3v) is 8.20. The molecule has 2 aliphatic heterocycles. The van der Waals surface area contributed by atoms with Crippen LogP contribution in [0.4, 0.5) is 30.7 Å². The molecule has 13 heteroatoms. The Balaban J connectivity index is 1.53. The number of halogens is 7. The number of amides is 3. The Labute approximate surface area is 244 Å². The van der Waals surface area contributed by atoms with Gasteiger partial charge in [0.15, 0.2) is 0 Å². The number of alkyl halides is 6. The molecule has 234 valence electrons. The summed E-state index contributed by atoms with van der Waals surface area (Å²) in [6.07, 6.45) is -9.53. The highest BCUT2D eigenvalue weighted by atomic mass is 19.4. The van der Waals surface area contributed by atoms with Crippen molar-refractivity contribution in [2.45, 2.75) is 63.8 Å². The number of hydrogen-bond donors (Lipinski definition) is 1. The number of likely N-dealkylation sites (tertiary alicyclic amines) is 2. The number of piperidine rings is 2. The number of hydrogen-bond acceptors (Lipinski definition) is 3. The molecule has 2 heterocycles. The van der Waals surface area contributed by atoms with Crippen LogP contribution in [0.25, 0.3) is 0 Å². The summed E-state index contributed by atoms with van der Waals surface area (Å²) in [5.41, 5.74) is -2.23. The van der Waals surface area contributed by atoms with E-state index < -0.39 is 59.1 Å². The van der Waals surface area contributed by atoms with E-state index in [1.807, 2.05) is 0 Å². The van der Waals surface area contributed by atoms with Gasteiger partial charge in [-0.25, -0.2) is 4.39 Å². The SMILES string of the molecule is CC(=O)N1CCC(C(=O)N2CC[C@H](NC(=O)Cc3cc(C(F)(F)F)cc(C(F)(F)F)c3)[C@@H](c3ccc(F)cc3C)C2)CC1. The first-order valence-electron chi connectivity index (χ1n) is 13.9. The molecule has 0 aromatic heterocycles. The van der Waals surface area contributed by atoms with Gasteiger partial charge in [0.1, 0.15) is 5.82 Å². The van der Waals surface area contributed by atoms with E-state index in [4.69, 9.17) is 0 Å². The highest BCUT2D eigenvalue weighted by Gasteiger charge is 2.39. The minimum atomic E-state index is -5.04. The normalized spacial score (nSPS) is 20.2. The van der Waals surface area contributed by atoms with Crippen molar-refractivity contribution in [2.24, 2.45) is 5.92 Å². The van der Waals surface area contributed by atoms with Gasteiger partial charge in [0.2, 0.25) is 17.7 Å². The summed E-state index contributed by atoms with van der Waals surface area (Å²) in [6, 6.07) is 4.55. The first kappa shape index (κ1) is 32.3. The maximum Gasteiger partial charge on any atom is 0.416 e. The van der Waals surface area contributed by atoms with Crippen molar-refractivity contribution in [3.05, 3.63) is 70.0 Å². The van der Waals surface area contributed by atoms with Gasteiger partial charge in [0.05, 0.1) is 17.5 Å². The quantitative estimate of drug-likeness (QED) is 0.454. The van der Waals surface area contributed by atoms with Gasteiger partial charge in [-0.1, -0.05) is 6.07 Å². The van der Waals surface area contributed by atoms with Gasteiger partial charge in [0, 0.05) is 51.0 Å². The van der Waals surface area contributed by atoms with Crippen LogP contribution < -0.4 is 5.32 Å². The fourth-order valence-electron chi connectivity index (χ4n) is 5.96. The van der Waals surface area contributed by atoms with E-state index in [1.54, 1.807) is 22.8 Å². The van der Waals surface area contributed by atoms with Gasteiger partial charge in [-0.05, 0) is 73.2 Å². The molecule has 0 bridgehead atoms. The fourth-order valence-corrected chi connectivity index (χ4v) is 5.96. The lowest BCUT2D eigenvalue weighted by Gasteiger charge is -2.42. The minimum Gasteiger partial charge on any atom is -0.352 e. The molecule has 6 nitrogen and oxygen atoms in total. The minimum absolute atomic E-state index is 0.00539. The second-order valence-electron chi connectivity index (χ2n) is 11.2.